The van der Waals surface area contributed by atoms with Gasteiger partial charge in [0.2, 0.25) is 0 Å². The number of thiophene rings is 2. The van der Waals surface area contributed by atoms with Crippen LogP contribution in [0.4, 0.5) is 0 Å². The summed E-state index contributed by atoms with van der Waals surface area (Å²) in [7, 11) is 0. The Kier molecular flexibility index (Phi) is 6.41. The van der Waals surface area contributed by atoms with Crippen LogP contribution in [0.3, 0.4) is 0 Å². The number of nitrogens with zero attached hydrogens (tertiary/aromatic N) is 2. The summed E-state index contributed by atoms with van der Waals surface area (Å²) in [6, 6.07) is 66.8. The van der Waals surface area contributed by atoms with Gasteiger partial charge in [-0.25, -0.2) is 0 Å². The van der Waals surface area contributed by atoms with E-state index in [9.17, 15) is 0 Å². The Morgan fingerprint density at radius 2 is 0.593 bits per heavy atom. The molecule has 0 amide bonds. The Hall–Kier alpha value is -6.46. The van der Waals surface area contributed by atoms with E-state index in [4.69, 9.17) is 0 Å². The van der Waals surface area contributed by atoms with Crippen LogP contribution >= 0.6 is 22.7 Å². The minimum absolute atomic E-state index is 1.18. The van der Waals surface area contributed by atoms with Crippen molar-refractivity contribution >= 4 is 95.9 Å². The quantitative estimate of drug-likeness (QED) is 0.171. The number of aromatic nitrogens is 2. The number of fused-ring (bicyclic) bond motifs is 11. The molecule has 0 radical (unpaired) electrons. The number of para-hydroxylation sites is 4. The first kappa shape index (κ1) is 30.0. The van der Waals surface area contributed by atoms with E-state index < -0.39 is 0 Å². The number of hydrogen-bond donors (Lipinski definition) is 0. The van der Waals surface area contributed by atoms with E-state index in [1.54, 1.807) is 0 Å². The Labute approximate surface area is 319 Å². The van der Waals surface area contributed by atoms with Gasteiger partial charge in [-0.05, 0) is 82.9 Å². The third-order valence-electron chi connectivity index (χ3n) is 11.2. The summed E-state index contributed by atoms with van der Waals surface area (Å²) in [5.41, 5.74) is 12.3. The van der Waals surface area contributed by atoms with Crippen LogP contribution in [0.2, 0.25) is 0 Å². The van der Waals surface area contributed by atoms with E-state index in [-0.39, 0.29) is 0 Å². The molecule has 4 heteroatoms. The summed E-state index contributed by atoms with van der Waals surface area (Å²) >= 11 is 3.84. The highest BCUT2D eigenvalue weighted by Crippen LogP contribution is 2.46. The van der Waals surface area contributed by atoms with Crippen molar-refractivity contribution in [2.45, 2.75) is 0 Å². The van der Waals surface area contributed by atoms with E-state index in [1.165, 1.54) is 107 Å². The molecule has 12 aromatic rings. The number of rotatable bonds is 4. The average molecular weight is 723 g/mol. The second-order valence-corrected chi connectivity index (χ2v) is 16.2. The summed E-state index contributed by atoms with van der Waals surface area (Å²) in [6.07, 6.45) is 0. The zero-order valence-corrected chi connectivity index (χ0v) is 30.7. The predicted molar refractivity (Wildman–Crippen MR) is 234 cm³/mol. The molecule has 12 rings (SSSR count). The molecule has 8 aromatic carbocycles. The van der Waals surface area contributed by atoms with Gasteiger partial charge in [-0.15, -0.1) is 22.7 Å². The molecule has 252 valence electrons. The minimum Gasteiger partial charge on any atom is -0.309 e. The Morgan fingerprint density at radius 3 is 0.944 bits per heavy atom. The van der Waals surface area contributed by atoms with Crippen LogP contribution in [0, 0.1) is 0 Å². The first-order chi connectivity index (χ1) is 26.8. The van der Waals surface area contributed by atoms with Gasteiger partial charge in [0, 0.05) is 53.1 Å². The Balaban J connectivity index is 0.871. The zero-order chi connectivity index (χ0) is 35.3. The summed E-state index contributed by atoms with van der Waals surface area (Å²) < 4.78 is 10.2. The fourth-order valence-electron chi connectivity index (χ4n) is 8.62. The van der Waals surface area contributed by atoms with E-state index in [0.717, 1.165) is 0 Å². The van der Waals surface area contributed by atoms with Crippen molar-refractivity contribution in [3.63, 3.8) is 0 Å². The first-order valence-corrected chi connectivity index (χ1v) is 20.0. The highest BCUT2D eigenvalue weighted by Gasteiger charge is 2.16. The highest BCUT2D eigenvalue weighted by atomic mass is 32.1. The molecule has 0 saturated heterocycles. The van der Waals surface area contributed by atoms with Crippen LogP contribution in [0.5, 0.6) is 0 Å². The van der Waals surface area contributed by atoms with Crippen molar-refractivity contribution in [2.24, 2.45) is 0 Å². The lowest BCUT2D eigenvalue weighted by Crippen LogP contribution is -1.93. The third-order valence-corrected chi connectivity index (χ3v) is 13.7. The van der Waals surface area contributed by atoms with Gasteiger partial charge in [0.15, 0.2) is 0 Å². The fourth-order valence-corrected chi connectivity index (χ4v) is 11.4. The molecule has 0 unspecified atom stereocenters. The van der Waals surface area contributed by atoms with Gasteiger partial charge >= 0.3 is 0 Å². The van der Waals surface area contributed by atoms with E-state index >= 15 is 0 Å². The van der Waals surface area contributed by atoms with Crippen molar-refractivity contribution in [3.8, 4) is 33.6 Å². The van der Waals surface area contributed by atoms with Gasteiger partial charge in [-0.1, -0.05) is 121 Å². The second-order valence-electron chi connectivity index (χ2n) is 14.1. The van der Waals surface area contributed by atoms with E-state index in [0.29, 0.717) is 0 Å². The SMILES string of the molecule is c1ccc2c(c1)c1ccccc1n2-c1ccc(-c2ccc3c(c2)sc2c4ccc(-c5ccc(-n6c7ccccc7c7ccccc76)cc5)cc4sc32)cc1. The van der Waals surface area contributed by atoms with Crippen LogP contribution in [0.15, 0.2) is 182 Å². The maximum atomic E-state index is 2.38. The standard InChI is InChI=1S/C50H30N2S2/c1-5-13-43-37(9-1)38-10-2-6-14-44(38)51(43)35-23-17-31(18-24-35)33-21-27-41-47(29-33)53-50-42-28-22-34(30-48(42)54-49(41)50)32-19-25-36(26-20-32)52-45-15-7-3-11-39(45)40-12-4-8-16-46(40)52/h1-30H. The monoisotopic (exact) mass is 722 g/mol. The van der Waals surface area contributed by atoms with E-state index in [2.05, 4.69) is 191 Å². The molecule has 0 aliphatic heterocycles. The highest BCUT2D eigenvalue weighted by molar-refractivity contribution is 7.36. The molecule has 0 fully saturated rings. The molecule has 0 bridgehead atoms. The maximum Gasteiger partial charge on any atom is 0.0542 e. The van der Waals surface area contributed by atoms with Gasteiger partial charge in [-0.2, -0.15) is 0 Å². The molecule has 4 aromatic heterocycles. The van der Waals surface area contributed by atoms with Crippen LogP contribution in [0.25, 0.3) is 107 Å². The van der Waals surface area contributed by atoms with Gasteiger partial charge < -0.3 is 9.13 Å². The van der Waals surface area contributed by atoms with Crippen molar-refractivity contribution < 1.29 is 0 Å². The van der Waals surface area contributed by atoms with Gasteiger partial charge in [0.25, 0.3) is 0 Å². The van der Waals surface area contributed by atoms with Crippen LogP contribution in [-0.2, 0) is 0 Å². The molecule has 54 heavy (non-hydrogen) atoms. The van der Waals surface area contributed by atoms with Gasteiger partial charge in [0.05, 0.1) is 31.5 Å². The molecular weight excluding hydrogens is 693 g/mol. The van der Waals surface area contributed by atoms with Crippen LogP contribution < -0.4 is 0 Å². The summed E-state index contributed by atoms with van der Waals surface area (Å²) in [5.74, 6) is 0. The molecule has 0 aliphatic carbocycles. The van der Waals surface area contributed by atoms with Crippen molar-refractivity contribution in [3.05, 3.63) is 182 Å². The Morgan fingerprint density at radius 1 is 0.278 bits per heavy atom. The molecule has 0 saturated carbocycles. The fraction of sp³-hybridized carbons (Fsp3) is 0. The third kappa shape index (κ3) is 4.38. The van der Waals surface area contributed by atoms with Crippen molar-refractivity contribution in [1.29, 1.82) is 0 Å². The predicted octanol–water partition coefficient (Wildman–Crippen LogP) is 14.8. The van der Waals surface area contributed by atoms with Crippen molar-refractivity contribution in [1.82, 2.24) is 9.13 Å². The summed E-state index contributed by atoms with van der Waals surface area (Å²) in [4.78, 5) is 0. The zero-order valence-electron chi connectivity index (χ0n) is 29.0. The Bertz CT molecular complexity index is 3090. The van der Waals surface area contributed by atoms with Crippen LogP contribution in [0.1, 0.15) is 0 Å². The first-order valence-electron chi connectivity index (χ1n) is 18.3. The lowest BCUT2D eigenvalue weighted by Gasteiger charge is -2.09. The smallest absolute Gasteiger partial charge is 0.0542 e. The molecule has 0 spiro atoms. The minimum atomic E-state index is 1.18. The lowest BCUT2D eigenvalue weighted by atomic mass is 10.0. The average Bonchev–Trinajstić information content (AvgIpc) is 3.97. The molecule has 2 nitrogen and oxygen atoms in total. The van der Waals surface area contributed by atoms with E-state index in [1.807, 2.05) is 22.7 Å². The molecular formula is C50H30N2S2. The van der Waals surface area contributed by atoms with Crippen molar-refractivity contribution in [2.75, 3.05) is 0 Å². The normalized spacial score (nSPS) is 12.1. The maximum absolute atomic E-state index is 2.38. The number of benzene rings is 8. The molecule has 0 aliphatic rings. The summed E-state index contributed by atoms with van der Waals surface area (Å²) in [6.45, 7) is 0. The number of hydrogen-bond acceptors (Lipinski definition) is 2. The topological polar surface area (TPSA) is 9.86 Å². The largest absolute Gasteiger partial charge is 0.309 e. The van der Waals surface area contributed by atoms with Crippen LogP contribution in [-0.4, -0.2) is 9.13 Å². The molecule has 4 heterocycles. The van der Waals surface area contributed by atoms with Gasteiger partial charge in [-0.3, -0.25) is 0 Å². The molecule has 0 atom stereocenters. The van der Waals surface area contributed by atoms with Gasteiger partial charge in [0.1, 0.15) is 0 Å². The molecule has 0 N–H and O–H groups in total. The lowest BCUT2D eigenvalue weighted by molar-refractivity contribution is 1.18. The summed E-state index contributed by atoms with van der Waals surface area (Å²) in [5, 5.41) is 7.84. The second kappa shape index (κ2) is 11.5.